The van der Waals surface area contributed by atoms with Gasteiger partial charge in [-0.1, -0.05) is 0 Å². The zero-order valence-electron chi connectivity index (χ0n) is 31.2. The second kappa shape index (κ2) is 13.1. The van der Waals surface area contributed by atoms with Gasteiger partial charge in [0, 0.05) is 0 Å². The SMILES string of the molecule is C[Si](C)(C)[CH]([Bi]([CH]([Si](C)(C)C)[Si](C)(C)C)[Bi]([CH]([Si](C)(C)C)[Si](C)(C)C)[CH]([Si](C)(C)C)[Si](C)(C)C)[Si](C)(C)C. The van der Waals surface area contributed by atoms with Crippen LogP contribution in [0.25, 0.3) is 0 Å². The molecule has 0 aromatic rings. The van der Waals surface area contributed by atoms with E-state index in [1.165, 1.54) is 11.5 Å². The average Bonchev–Trinajstić information content (AvgIpc) is 2.41. The van der Waals surface area contributed by atoms with Crippen LogP contribution in [0.4, 0.5) is 0 Å². The van der Waals surface area contributed by atoms with Crippen molar-refractivity contribution in [2.75, 3.05) is 0 Å². The first-order valence-corrected chi connectivity index (χ1v) is 67.4. The molecule has 38 heavy (non-hydrogen) atoms. The molecular formula is C28H76Bi2Si8. The van der Waals surface area contributed by atoms with Crippen molar-refractivity contribution in [1.82, 2.24) is 0 Å². The Morgan fingerprint density at radius 1 is 0.211 bits per heavy atom. The predicted molar refractivity (Wildman–Crippen MR) is 213 cm³/mol. The summed E-state index contributed by atoms with van der Waals surface area (Å²) in [5.74, 6) is 0. The van der Waals surface area contributed by atoms with E-state index in [-0.39, 0.29) is 0 Å². The first-order chi connectivity index (χ1) is 16.0. The molecule has 0 amide bonds. The number of rotatable bonds is 13. The third-order valence-corrected chi connectivity index (χ3v) is 256. The summed E-state index contributed by atoms with van der Waals surface area (Å²) in [5.41, 5.74) is 0. The van der Waals surface area contributed by atoms with Crippen molar-refractivity contribution >= 4 is 98.5 Å². The average molecular weight is 1060 g/mol. The first-order valence-electron chi connectivity index (χ1n) is 15.5. The monoisotopic (exact) mass is 1050 g/mol. The molecule has 230 valence electrons. The molecule has 0 aromatic carbocycles. The minimum atomic E-state index is -2.01. The molecule has 0 rings (SSSR count). The second-order valence-corrected chi connectivity index (χ2v) is 127. The molecule has 0 bridgehead atoms. The van der Waals surface area contributed by atoms with Crippen molar-refractivity contribution in [3.8, 4) is 0 Å². The Balaban J connectivity index is 8.59. The van der Waals surface area contributed by atoms with Crippen LogP contribution in [0, 0.1) is 0 Å². The van der Waals surface area contributed by atoms with Crippen LogP contribution in [0.5, 0.6) is 0 Å². The third-order valence-electron chi connectivity index (χ3n) is 7.89. The second-order valence-electron chi connectivity index (χ2n) is 21.3. The molecule has 0 aliphatic heterocycles. The summed E-state index contributed by atoms with van der Waals surface area (Å²) >= 11 is -4.03. The van der Waals surface area contributed by atoms with E-state index in [0.717, 1.165) is 0 Å². The van der Waals surface area contributed by atoms with Crippen LogP contribution in [-0.2, 0) is 0 Å². The summed E-state index contributed by atoms with van der Waals surface area (Å²) < 4.78 is 5.21. The van der Waals surface area contributed by atoms with E-state index in [1.807, 2.05) is 0 Å². The van der Waals surface area contributed by atoms with Gasteiger partial charge in [-0.05, 0) is 0 Å². The maximum absolute atomic E-state index is 2.88. The quantitative estimate of drug-likeness (QED) is 0.161. The van der Waals surface area contributed by atoms with Gasteiger partial charge in [0.1, 0.15) is 0 Å². The van der Waals surface area contributed by atoms with Crippen molar-refractivity contribution < 1.29 is 0 Å². The molecule has 0 unspecified atom stereocenters. The van der Waals surface area contributed by atoms with Crippen LogP contribution < -0.4 is 0 Å². The molecule has 0 saturated carbocycles. The van der Waals surface area contributed by atoms with Gasteiger partial charge in [0.05, 0.1) is 0 Å². The summed E-state index contributed by atoms with van der Waals surface area (Å²) in [5, 5.41) is 0. The molecule has 0 heterocycles. The zero-order chi connectivity index (χ0) is 31.5. The Kier molecular flexibility index (Phi) is 14.3. The van der Waals surface area contributed by atoms with Gasteiger partial charge < -0.3 is 0 Å². The van der Waals surface area contributed by atoms with E-state index in [0.29, 0.717) is 0 Å². The van der Waals surface area contributed by atoms with E-state index >= 15 is 0 Å². The van der Waals surface area contributed by atoms with Crippen LogP contribution in [0.15, 0.2) is 0 Å². The predicted octanol–water partition coefficient (Wildman–Crippen LogP) is 11.6. The van der Waals surface area contributed by atoms with Gasteiger partial charge >= 0.3 is 267 Å². The molecule has 0 fully saturated rings. The molecule has 0 nitrogen and oxygen atoms in total. The van der Waals surface area contributed by atoms with E-state index in [2.05, 4.69) is 157 Å². The Morgan fingerprint density at radius 2 is 0.289 bits per heavy atom. The molecule has 10 heteroatoms. The van der Waals surface area contributed by atoms with Gasteiger partial charge in [0.15, 0.2) is 0 Å². The molecule has 0 radical (unpaired) electrons. The zero-order valence-corrected chi connectivity index (χ0v) is 46.2. The number of hydrogen-bond acceptors (Lipinski definition) is 0. The van der Waals surface area contributed by atoms with Gasteiger partial charge in [-0.2, -0.15) is 0 Å². The van der Waals surface area contributed by atoms with Gasteiger partial charge in [-0.3, -0.25) is 0 Å². The first kappa shape index (κ1) is 41.5. The molecule has 0 atom stereocenters. The van der Waals surface area contributed by atoms with E-state index < -0.39 is 98.5 Å². The normalized spacial score (nSPS) is 16.3. The van der Waals surface area contributed by atoms with E-state index in [4.69, 9.17) is 0 Å². The summed E-state index contributed by atoms with van der Waals surface area (Å²) in [6.07, 6.45) is 0. The van der Waals surface area contributed by atoms with E-state index in [9.17, 15) is 0 Å². The topological polar surface area (TPSA) is 0 Å². The Morgan fingerprint density at radius 3 is 0.342 bits per heavy atom. The molecular weight excluding hydrogens is 979 g/mol. The fraction of sp³-hybridized carbons (Fsp3) is 1.00. The minimum absolute atomic E-state index is 1.29. The van der Waals surface area contributed by atoms with Crippen molar-refractivity contribution in [3.05, 3.63) is 0 Å². The van der Waals surface area contributed by atoms with Gasteiger partial charge in [0.25, 0.3) is 0 Å². The maximum atomic E-state index is 2.88. The molecule has 0 spiro atoms. The molecule has 0 aromatic heterocycles. The Labute approximate surface area is 263 Å². The standard InChI is InChI=1S/4C7H19Si2.2Bi/c4*1-8(2,3)7-9(4,5)6;;/h4*7H,1-6H3;;. The summed E-state index contributed by atoms with van der Waals surface area (Å²) in [4.78, 5) is 0. The van der Waals surface area contributed by atoms with Crippen LogP contribution in [0.3, 0.4) is 0 Å². The summed E-state index contributed by atoms with van der Waals surface area (Å²) in [6, 6.07) is 0. The van der Waals surface area contributed by atoms with Crippen molar-refractivity contribution in [3.63, 3.8) is 0 Å². The van der Waals surface area contributed by atoms with Crippen molar-refractivity contribution in [1.29, 1.82) is 0 Å². The Hall–Kier alpha value is 3.50. The third kappa shape index (κ3) is 11.5. The van der Waals surface area contributed by atoms with Gasteiger partial charge in [-0.25, -0.2) is 0 Å². The van der Waals surface area contributed by atoms with Crippen LogP contribution >= 0.6 is 0 Å². The van der Waals surface area contributed by atoms with Gasteiger partial charge in [0.2, 0.25) is 0 Å². The van der Waals surface area contributed by atoms with Gasteiger partial charge in [-0.15, -0.1) is 0 Å². The molecule has 0 aliphatic carbocycles. The van der Waals surface area contributed by atoms with Crippen LogP contribution in [-0.4, -0.2) is 98.5 Å². The molecule has 0 saturated heterocycles. The van der Waals surface area contributed by atoms with E-state index in [1.54, 1.807) is 0 Å². The molecule has 0 aliphatic rings. The van der Waals surface area contributed by atoms with Crippen molar-refractivity contribution in [2.45, 2.75) is 169 Å². The van der Waals surface area contributed by atoms with Crippen LogP contribution in [0.1, 0.15) is 0 Å². The fourth-order valence-electron chi connectivity index (χ4n) is 9.20. The summed E-state index contributed by atoms with van der Waals surface area (Å²) in [7, 11) is -10.3. The van der Waals surface area contributed by atoms with Crippen LogP contribution in [0.2, 0.25) is 169 Å². The Bertz CT molecular complexity index is 575. The fourth-order valence-corrected chi connectivity index (χ4v) is 561. The molecule has 0 N–H and O–H groups in total. The van der Waals surface area contributed by atoms with Crippen molar-refractivity contribution in [2.24, 2.45) is 0 Å². The summed E-state index contributed by atoms with van der Waals surface area (Å²) in [6.45, 7) is 69.0. The number of hydrogen-bond donors (Lipinski definition) is 0.